The maximum absolute atomic E-state index is 16.4. The van der Waals surface area contributed by atoms with Crippen LogP contribution in [-0.4, -0.2) is 18.3 Å². The Bertz CT molecular complexity index is 7790. The third-order valence-electron chi connectivity index (χ3n) is 23.8. The van der Waals surface area contributed by atoms with E-state index in [9.17, 15) is 10.5 Å². The molecule has 0 radical (unpaired) electrons. The highest BCUT2D eigenvalue weighted by atomic mass is 19.4. The van der Waals surface area contributed by atoms with Crippen LogP contribution in [0.5, 0.6) is 0 Å². The quantitative estimate of drug-likeness (QED) is 0.114. The first-order valence-corrected chi connectivity index (χ1v) is 40.0. The molecular formula is C108H74F6N6. The molecule has 0 atom stereocenters. The van der Waals surface area contributed by atoms with Crippen molar-refractivity contribution < 1.29 is 26.3 Å². The van der Waals surface area contributed by atoms with Gasteiger partial charge in [0.1, 0.15) is 0 Å². The molecule has 0 fully saturated rings. The Morgan fingerprint density at radius 3 is 0.933 bits per heavy atom. The maximum atomic E-state index is 16.4. The summed E-state index contributed by atoms with van der Waals surface area (Å²) < 4.78 is 106. The van der Waals surface area contributed by atoms with E-state index in [4.69, 9.17) is 0 Å². The molecule has 0 aliphatic carbocycles. The Morgan fingerprint density at radius 2 is 0.542 bits per heavy atom. The maximum Gasteiger partial charge on any atom is 0.416 e. The third-order valence-corrected chi connectivity index (χ3v) is 23.8. The van der Waals surface area contributed by atoms with Gasteiger partial charge in [-0.1, -0.05) is 233 Å². The van der Waals surface area contributed by atoms with Crippen LogP contribution in [0.15, 0.2) is 309 Å². The van der Waals surface area contributed by atoms with Crippen molar-refractivity contribution in [2.24, 2.45) is 0 Å². The van der Waals surface area contributed by atoms with Crippen molar-refractivity contribution in [3.63, 3.8) is 0 Å². The molecule has 0 saturated carbocycles. The van der Waals surface area contributed by atoms with Crippen LogP contribution in [0.2, 0.25) is 0 Å². The van der Waals surface area contributed by atoms with E-state index >= 15 is 26.3 Å². The molecule has 0 aliphatic rings. The summed E-state index contributed by atoms with van der Waals surface area (Å²) in [5.41, 5.74) is 24.6. The highest BCUT2D eigenvalue weighted by Crippen LogP contribution is 2.50. The molecule has 578 valence electrons. The average Bonchev–Trinajstić information content (AvgIpc) is 1.63. The summed E-state index contributed by atoms with van der Waals surface area (Å²) in [5, 5.41) is 28.0. The van der Waals surface area contributed by atoms with E-state index in [1.165, 1.54) is 24.3 Å². The summed E-state index contributed by atoms with van der Waals surface area (Å²) in [4.78, 5) is 0. The first-order chi connectivity index (χ1) is 57.9. The molecule has 0 bridgehead atoms. The van der Waals surface area contributed by atoms with Gasteiger partial charge >= 0.3 is 12.4 Å². The lowest BCUT2D eigenvalue weighted by molar-refractivity contribution is -0.138. The van der Waals surface area contributed by atoms with Crippen LogP contribution in [0, 0.1) is 71.1 Å². The monoisotopic (exact) mass is 1570 g/mol. The van der Waals surface area contributed by atoms with Crippen LogP contribution < -0.4 is 0 Å². The number of alkyl halides is 6. The van der Waals surface area contributed by atoms with Gasteiger partial charge in [-0.05, 0) is 237 Å². The number of para-hydroxylation sites is 3. The molecule has 6 nitrogen and oxygen atoms in total. The third kappa shape index (κ3) is 12.7. The zero-order chi connectivity index (χ0) is 82.5. The Labute approximate surface area is 688 Å². The molecule has 0 unspecified atom stereocenters. The molecule has 4 aromatic heterocycles. The van der Waals surface area contributed by atoms with Crippen molar-refractivity contribution in [3.05, 3.63) is 382 Å². The van der Waals surface area contributed by atoms with Gasteiger partial charge in [-0.3, -0.25) is 0 Å². The largest absolute Gasteiger partial charge is 0.416 e. The molecule has 16 aromatic carbocycles. The second kappa shape index (κ2) is 28.3. The van der Waals surface area contributed by atoms with Gasteiger partial charge in [0.25, 0.3) is 0 Å². The van der Waals surface area contributed by atoms with E-state index in [0.29, 0.717) is 83.9 Å². The minimum absolute atomic E-state index is 0.265. The summed E-state index contributed by atoms with van der Waals surface area (Å²) in [6, 6.07) is 104. The number of nitriles is 2. The second-order valence-electron chi connectivity index (χ2n) is 32.3. The first kappa shape index (κ1) is 74.1. The van der Waals surface area contributed by atoms with Gasteiger partial charge in [0.05, 0.1) is 101 Å². The highest BCUT2D eigenvalue weighted by molar-refractivity contribution is 6.16. The van der Waals surface area contributed by atoms with Crippen LogP contribution in [-0.2, 0) is 18.8 Å². The van der Waals surface area contributed by atoms with Crippen molar-refractivity contribution in [1.82, 2.24) is 18.3 Å². The molecule has 4 heterocycles. The SMILES string of the molecule is Cc1cc(C)cc(-c2ccc3c(c2)c2ccccc2n3-c2cc(C(F)(F)F)cc(-n3c4ccc(Cc5cc(C)cc(-c6ccc7c8ccccc8n(-c8cc(C(F)(F)F)cc(-n9c%10ccccc%10c%10ccc(-c%11cc(C)cc(C)c%11)cc%109)c8-c8cccc(C#N)c8)c7c6)c5)cc4c4cc(-c5cc(C)cc(C)c5)ccc43)c2-c2cccc(C#N)c2)c1. The van der Waals surface area contributed by atoms with Crippen LogP contribution in [0.4, 0.5) is 26.3 Å². The Hall–Kier alpha value is -14.7. The van der Waals surface area contributed by atoms with Crippen LogP contribution in [0.3, 0.4) is 0 Å². The molecule has 0 N–H and O–H groups in total. The Morgan fingerprint density at radius 1 is 0.233 bits per heavy atom. The zero-order valence-electron chi connectivity index (χ0n) is 66.6. The topological polar surface area (TPSA) is 67.3 Å². The van der Waals surface area contributed by atoms with Crippen LogP contribution >= 0.6 is 0 Å². The van der Waals surface area contributed by atoms with Crippen LogP contribution in [0.25, 0.3) is 177 Å². The van der Waals surface area contributed by atoms with E-state index in [-0.39, 0.29) is 22.7 Å². The molecular weight excluding hydrogens is 1500 g/mol. The van der Waals surface area contributed by atoms with Gasteiger partial charge in [0, 0.05) is 54.2 Å². The zero-order valence-corrected chi connectivity index (χ0v) is 66.6. The average molecular weight is 1570 g/mol. The summed E-state index contributed by atoms with van der Waals surface area (Å²) in [6.07, 6.45) is -9.21. The van der Waals surface area contributed by atoms with Gasteiger partial charge in [0.2, 0.25) is 0 Å². The van der Waals surface area contributed by atoms with Gasteiger partial charge in [-0.2, -0.15) is 36.9 Å². The lowest BCUT2D eigenvalue weighted by atomic mass is 9.95. The number of benzene rings is 16. The molecule has 0 amide bonds. The van der Waals surface area contributed by atoms with E-state index in [1.54, 1.807) is 36.4 Å². The Balaban J connectivity index is 0.774. The predicted molar refractivity (Wildman–Crippen MR) is 478 cm³/mol. The van der Waals surface area contributed by atoms with Crippen molar-refractivity contribution in [2.45, 2.75) is 67.2 Å². The van der Waals surface area contributed by atoms with E-state index in [2.05, 4.69) is 194 Å². The van der Waals surface area contributed by atoms with Gasteiger partial charge in [-0.15, -0.1) is 0 Å². The number of nitrogens with zero attached hydrogens (tertiary/aromatic N) is 6. The molecule has 0 spiro atoms. The lowest BCUT2D eigenvalue weighted by Crippen LogP contribution is -2.11. The number of rotatable bonds is 12. The number of aryl methyl sites for hydroxylation is 7. The summed E-state index contributed by atoms with van der Waals surface area (Å²) in [6.45, 7) is 14.4. The van der Waals surface area contributed by atoms with Crippen LogP contribution in [0.1, 0.15) is 72.3 Å². The number of hydrogen-bond donors (Lipinski definition) is 0. The molecule has 12 heteroatoms. The number of halogens is 6. The van der Waals surface area contributed by atoms with E-state index in [0.717, 1.165) is 138 Å². The van der Waals surface area contributed by atoms with E-state index in [1.807, 2.05) is 134 Å². The van der Waals surface area contributed by atoms with Crippen molar-refractivity contribution in [3.8, 4) is 102 Å². The number of fused-ring (bicyclic) bond motifs is 12. The standard InChI is InChI=1S/C108H74F6N6/c1-62-36-63(2)41-79(40-62)73-29-34-97-91(52-73)87-22-10-13-25-95(87)117(97)101-56-83(107(109,110)111)57-102(105(101)77-18-14-16-70(48-77)60-115)118-96-33-26-69(51-90(96)92-53-74(30-35-98(92)118)80-42-64(3)37-65(4)43-80)47-72-39-68(7)46-82(50-72)76-28-32-89-86-21-9-12-24-94(86)120(100(89)55-76)104-59-84(108(112,113)114)58-103(106(104)78-19-15-17-71(49-78)61-116)119-93-23-11-8-20-85(93)88-31-27-75(54-99(88)119)81-44-66(5)38-67(6)45-81/h8-46,48-59H,47H2,1-7H3. The molecule has 20 rings (SSSR count). The Kier molecular flexibility index (Phi) is 17.5. The number of aromatic nitrogens is 4. The molecule has 120 heavy (non-hydrogen) atoms. The normalized spacial score (nSPS) is 12.1. The second-order valence-corrected chi connectivity index (χ2v) is 32.3. The lowest BCUT2D eigenvalue weighted by Gasteiger charge is -2.23. The predicted octanol–water partition coefficient (Wildman–Crippen LogP) is 29.6. The fourth-order valence-corrected chi connectivity index (χ4v) is 19.0. The summed E-state index contributed by atoms with van der Waals surface area (Å²) in [7, 11) is 0. The fraction of sp³-hybridized carbons (Fsp3) is 0.0926. The van der Waals surface area contributed by atoms with Gasteiger partial charge in [0.15, 0.2) is 0 Å². The highest BCUT2D eigenvalue weighted by Gasteiger charge is 2.37. The van der Waals surface area contributed by atoms with Crippen molar-refractivity contribution in [2.75, 3.05) is 0 Å². The fourth-order valence-electron chi connectivity index (χ4n) is 19.0. The minimum atomic E-state index is -4.82. The molecule has 0 saturated heterocycles. The van der Waals surface area contributed by atoms with Crippen molar-refractivity contribution >= 4 is 87.2 Å². The van der Waals surface area contributed by atoms with E-state index < -0.39 is 23.5 Å². The summed E-state index contributed by atoms with van der Waals surface area (Å²) in [5.74, 6) is 0. The molecule has 20 aromatic rings. The molecule has 0 aliphatic heterocycles. The van der Waals surface area contributed by atoms with Gasteiger partial charge in [-0.25, -0.2) is 0 Å². The van der Waals surface area contributed by atoms with Gasteiger partial charge < -0.3 is 18.3 Å². The summed E-state index contributed by atoms with van der Waals surface area (Å²) >= 11 is 0. The first-order valence-electron chi connectivity index (χ1n) is 40.0. The smallest absolute Gasteiger partial charge is 0.309 e. The van der Waals surface area contributed by atoms with Crippen molar-refractivity contribution in [1.29, 1.82) is 10.5 Å². The number of hydrogen-bond acceptors (Lipinski definition) is 2. The minimum Gasteiger partial charge on any atom is -0.309 e.